The van der Waals surface area contributed by atoms with Gasteiger partial charge in [0.05, 0.1) is 0 Å². The molecule has 0 saturated heterocycles. The molecule has 0 radical (unpaired) electrons. The van der Waals surface area contributed by atoms with Crippen LogP contribution in [-0.4, -0.2) is 22.7 Å². The zero-order valence-electron chi connectivity index (χ0n) is 10.4. The molecule has 94 valence electrons. The second-order valence-electron chi connectivity index (χ2n) is 4.90. The minimum absolute atomic E-state index is 0.0502. The van der Waals surface area contributed by atoms with Crippen molar-refractivity contribution in [1.29, 1.82) is 0 Å². The number of phenols is 2. The van der Waals surface area contributed by atoms with Crippen molar-refractivity contribution in [1.82, 2.24) is 5.32 Å². The minimum Gasteiger partial charge on any atom is -0.504 e. The molecule has 0 heterocycles. The number of carbonyl (C=O) groups is 1. The summed E-state index contributed by atoms with van der Waals surface area (Å²) in [6.45, 7) is 6.78. The Morgan fingerprint density at radius 3 is 2.47 bits per heavy atom. The summed E-state index contributed by atoms with van der Waals surface area (Å²) in [6.07, 6.45) is 0.966. The summed E-state index contributed by atoms with van der Waals surface area (Å²) in [4.78, 5) is 11.8. The summed E-state index contributed by atoms with van der Waals surface area (Å²) < 4.78 is 0. The van der Waals surface area contributed by atoms with Crippen LogP contribution in [0, 0.1) is 5.41 Å². The maximum atomic E-state index is 11.8. The van der Waals surface area contributed by atoms with E-state index in [1.165, 1.54) is 18.2 Å². The van der Waals surface area contributed by atoms with E-state index in [2.05, 4.69) is 26.1 Å². The number of hydrogen-bond donors (Lipinski definition) is 3. The highest BCUT2D eigenvalue weighted by Crippen LogP contribution is 2.25. The Hall–Kier alpha value is -1.71. The maximum Gasteiger partial charge on any atom is 0.251 e. The maximum absolute atomic E-state index is 11.8. The molecular weight excluding hydrogens is 218 g/mol. The molecule has 0 aromatic heterocycles. The first-order chi connectivity index (χ1) is 7.85. The standard InChI is InChI=1S/C13H19NO3/c1-4-13(2,3)8-14-12(17)9-5-6-10(15)11(16)7-9/h5-7,15-16H,4,8H2,1-3H3,(H,14,17). The fourth-order valence-corrected chi connectivity index (χ4v) is 1.21. The fourth-order valence-electron chi connectivity index (χ4n) is 1.21. The highest BCUT2D eigenvalue weighted by atomic mass is 16.3. The van der Waals surface area contributed by atoms with Crippen molar-refractivity contribution in [2.45, 2.75) is 27.2 Å². The number of carbonyl (C=O) groups excluding carboxylic acids is 1. The molecule has 17 heavy (non-hydrogen) atoms. The Kier molecular flexibility index (Phi) is 3.99. The second kappa shape index (κ2) is 5.08. The van der Waals surface area contributed by atoms with Crippen LogP contribution in [0.4, 0.5) is 0 Å². The summed E-state index contributed by atoms with van der Waals surface area (Å²) >= 11 is 0. The van der Waals surface area contributed by atoms with E-state index in [0.29, 0.717) is 12.1 Å². The van der Waals surface area contributed by atoms with Crippen LogP contribution in [0.2, 0.25) is 0 Å². The van der Waals surface area contributed by atoms with Gasteiger partial charge < -0.3 is 15.5 Å². The molecule has 3 N–H and O–H groups in total. The molecule has 0 atom stereocenters. The van der Waals surface area contributed by atoms with E-state index in [4.69, 9.17) is 5.11 Å². The van der Waals surface area contributed by atoms with Gasteiger partial charge >= 0.3 is 0 Å². The largest absolute Gasteiger partial charge is 0.504 e. The lowest BCUT2D eigenvalue weighted by atomic mass is 9.90. The van der Waals surface area contributed by atoms with E-state index in [1.54, 1.807) is 0 Å². The first-order valence-electron chi connectivity index (χ1n) is 5.66. The van der Waals surface area contributed by atoms with Crippen molar-refractivity contribution < 1.29 is 15.0 Å². The van der Waals surface area contributed by atoms with Crippen molar-refractivity contribution in [3.8, 4) is 11.5 Å². The number of amides is 1. The third kappa shape index (κ3) is 3.66. The summed E-state index contributed by atoms with van der Waals surface area (Å²) in [5, 5.41) is 21.2. The number of phenolic OH excluding ortho intramolecular Hbond substituents is 2. The zero-order chi connectivity index (χ0) is 13.1. The number of benzene rings is 1. The topological polar surface area (TPSA) is 69.6 Å². The van der Waals surface area contributed by atoms with Crippen LogP contribution in [0.25, 0.3) is 0 Å². The van der Waals surface area contributed by atoms with Crippen LogP contribution in [0.1, 0.15) is 37.6 Å². The van der Waals surface area contributed by atoms with Gasteiger partial charge in [0.15, 0.2) is 11.5 Å². The molecule has 1 amide bonds. The van der Waals surface area contributed by atoms with Gasteiger partial charge in [0.1, 0.15) is 0 Å². The van der Waals surface area contributed by atoms with E-state index in [1.807, 2.05) is 0 Å². The molecule has 0 saturated carbocycles. The number of nitrogens with one attached hydrogen (secondary N) is 1. The average molecular weight is 237 g/mol. The number of aromatic hydroxyl groups is 2. The normalized spacial score (nSPS) is 11.2. The van der Waals surface area contributed by atoms with Gasteiger partial charge in [-0.3, -0.25) is 4.79 Å². The van der Waals surface area contributed by atoms with Crippen molar-refractivity contribution in [2.24, 2.45) is 5.41 Å². The number of hydrogen-bond acceptors (Lipinski definition) is 3. The molecule has 0 aliphatic heterocycles. The molecule has 0 unspecified atom stereocenters. The molecule has 1 aromatic rings. The first kappa shape index (κ1) is 13.4. The van der Waals surface area contributed by atoms with E-state index in [0.717, 1.165) is 6.42 Å². The zero-order valence-corrected chi connectivity index (χ0v) is 10.4. The smallest absolute Gasteiger partial charge is 0.251 e. The highest BCUT2D eigenvalue weighted by molar-refractivity contribution is 5.94. The Bertz CT molecular complexity index is 413. The van der Waals surface area contributed by atoms with Crippen molar-refractivity contribution in [2.75, 3.05) is 6.54 Å². The Morgan fingerprint density at radius 2 is 1.94 bits per heavy atom. The minimum atomic E-state index is -0.285. The quantitative estimate of drug-likeness (QED) is 0.703. The summed E-state index contributed by atoms with van der Waals surface area (Å²) in [6, 6.07) is 4.03. The van der Waals surface area contributed by atoms with Crippen molar-refractivity contribution in [3.63, 3.8) is 0 Å². The third-order valence-corrected chi connectivity index (χ3v) is 2.92. The van der Waals surface area contributed by atoms with E-state index in [-0.39, 0.29) is 22.8 Å². The summed E-state index contributed by atoms with van der Waals surface area (Å²) in [5.41, 5.74) is 0.390. The molecule has 0 spiro atoms. The fraction of sp³-hybridized carbons (Fsp3) is 0.462. The van der Waals surface area contributed by atoms with Crippen LogP contribution in [0.15, 0.2) is 18.2 Å². The van der Waals surface area contributed by atoms with Gasteiger partial charge in [0.2, 0.25) is 0 Å². The predicted octanol–water partition coefficient (Wildman–Crippen LogP) is 2.26. The molecule has 0 aliphatic rings. The van der Waals surface area contributed by atoms with Crippen LogP contribution >= 0.6 is 0 Å². The molecule has 4 nitrogen and oxygen atoms in total. The Labute approximate surface area is 101 Å². The molecule has 1 rings (SSSR count). The molecule has 0 aliphatic carbocycles. The van der Waals surface area contributed by atoms with Gasteiger partial charge in [-0.15, -0.1) is 0 Å². The highest BCUT2D eigenvalue weighted by Gasteiger charge is 2.17. The van der Waals surface area contributed by atoms with Crippen molar-refractivity contribution in [3.05, 3.63) is 23.8 Å². The summed E-state index contributed by atoms with van der Waals surface area (Å²) in [7, 11) is 0. The third-order valence-electron chi connectivity index (χ3n) is 2.92. The average Bonchev–Trinajstić information content (AvgIpc) is 2.30. The van der Waals surface area contributed by atoms with Crippen molar-refractivity contribution >= 4 is 5.91 Å². The lowest BCUT2D eigenvalue weighted by molar-refractivity contribution is 0.0935. The van der Waals surface area contributed by atoms with Gasteiger partial charge in [0, 0.05) is 12.1 Å². The van der Waals surface area contributed by atoms with Gasteiger partial charge in [-0.1, -0.05) is 20.8 Å². The molecule has 0 bridgehead atoms. The molecule has 1 aromatic carbocycles. The molecule has 4 heteroatoms. The first-order valence-corrected chi connectivity index (χ1v) is 5.66. The number of rotatable bonds is 4. The van der Waals surface area contributed by atoms with Gasteiger partial charge in [-0.25, -0.2) is 0 Å². The second-order valence-corrected chi connectivity index (χ2v) is 4.90. The molecule has 0 fully saturated rings. The van der Waals surface area contributed by atoms with Crippen LogP contribution in [0.5, 0.6) is 11.5 Å². The Balaban J connectivity index is 2.68. The van der Waals surface area contributed by atoms with Crippen LogP contribution in [0.3, 0.4) is 0 Å². The van der Waals surface area contributed by atoms with Gasteiger partial charge in [-0.05, 0) is 30.0 Å². The van der Waals surface area contributed by atoms with Crippen LogP contribution in [-0.2, 0) is 0 Å². The Morgan fingerprint density at radius 1 is 1.29 bits per heavy atom. The van der Waals surface area contributed by atoms with E-state index < -0.39 is 0 Å². The monoisotopic (exact) mass is 237 g/mol. The van der Waals surface area contributed by atoms with Crippen LogP contribution < -0.4 is 5.32 Å². The SMILES string of the molecule is CCC(C)(C)CNC(=O)c1ccc(O)c(O)c1. The summed E-state index contributed by atoms with van der Waals surface area (Å²) in [5.74, 6) is -0.760. The predicted molar refractivity (Wildman–Crippen MR) is 66.2 cm³/mol. The lowest BCUT2D eigenvalue weighted by Crippen LogP contribution is -2.33. The lowest BCUT2D eigenvalue weighted by Gasteiger charge is -2.22. The van der Waals surface area contributed by atoms with E-state index in [9.17, 15) is 9.90 Å². The van der Waals surface area contributed by atoms with Gasteiger partial charge in [0.25, 0.3) is 5.91 Å². The van der Waals surface area contributed by atoms with E-state index >= 15 is 0 Å². The molecular formula is C13H19NO3. The van der Waals surface area contributed by atoms with Gasteiger partial charge in [-0.2, -0.15) is 0 Å².